The number of hydrogen-bond acceptors (Lipinski definition) is 1. The van der Waals surface area contributed by atoms with E-state index in [1.807, 2.05) is 14.1 Å². The number of halogens is 2. The minimum Gasteiger partial charge on any atom is -0.378 e. The number of rotatable bonds is 1. The monoisotopic (exact) mass is 325 g/mol. The molecule has 0 aliphatic carbocycles. The van der Waals surface area contributed by atoms with Gasteiger partial charge in [-0.15, -0.1) is 0 Å². The number of benzene rings is 1. The van der Waals surface area contributed by atoms with Crippen LogP contribution in [-0.2, 0) is 0 Å². The van der Waals surface area contributed by atoms with Gasteiger partial charge in [0.05, 0.1) is 0 Å². The molecule has 0 aromatic heterocycles. The Morgan fingerprint density at radius 3 is 2.45 bits per heavy atom. The van der Waals surface area contributed by atoms with Gasteiger partial charge in [0.1, 0.15) is 0 Å². The van der Waals surface area contributed by atoms with Crippen molar-refractivity contribution in [2.45, 2.75) is 0 Å². The molecule has 0 amide bonds. The second kappa shape index (κ2) is 3.76. The predicted octanol–water partition coefficient (Wildman–Crippen LogP) is 3.12. The maximum atomic E-state index is 3.45. The molecule has 0 radical (unpaired) electrons. The van der Waals surface area contributed by atoms with Gasteiger partial charge < -0.3 is 4.90 Å². The zero-order chi connectivity index (χ0) is 8.43. The second-order valence-corrected chi connectivity index (χ2v) is 4.51. The summed E-state index contributed by atoms with van der Waals surface area (Å²) in [6, 6.07) is 6.30. The standard InChI is InChI=1S/C8H9BrIN/c1-11(2)6-3-4-7(9)8(10)5-6/h3-5H,1-2H3. The summed E-state index contributed by atoms with van der Waals surface area (Å²) in [7, 11) is 4.08. The zero-order valence-corrected chi connectivity index (χ0v) is 10.2. The summed E-state index contributed by atoms with van der Waals surface area (Å²) in [6.45, 7) is 0. The van der Waals surface area contributed by atoms with Crippen LogP contribution in [0, 0.1) is 3.57 Å². The molecule has 0 saturated carbocycles. The highest BCUT2D eigenvalue weighted by Crippen LogP contribution is 2.23. The quantitative estimate of drug-likeness (QED) is 0.717. The van der Waals surface area contributed by atoms with Crippen molar-refractivity contribution in [2.24, 2.45) is 0 Å². The molecule has 1 aromatic carbocycles. The van der Waals surface area contributed by atoms with E-state index < -0.39 is 0 Å². The van der Waals surface area contributed by atoms with Crippen LogP contribution in [0.2, 0.25) is 0 Å². The second-order valence-electron chi connectivity index (χ2n) is 2.49. The molecule has 0 bridgehead atoms. The van der Waals surface area contributed by atoms with Gasteiger partial charge in [-0.05, 0) is 56.7 Å². The summed E-state index contributed by atoms with van der Waals surface area (Å²) in [4.78, 5) is 2.09. The molecule has 60 valence electrons. The molecule has 0 atom stereocenters. The van der Waals surface area contributed by atoms with Crippen molar-refractivity contribution in [1.29, 1.82) is 0 Å². The third kappa shape index (κ3) is 2.33. The van der Waals surface area contributed by atoms with E-state index in [0.717, 1.165) is 4.47 Å². The lowest BCUT2D eigenvalue weighted by atomic mass is 10.3. The highest BCUT2D eigenvalue weighted by molar-refractivity contribution is 14.1. The normalized spacial score (nSPS) is 9.82. The number of nitrogens with zero attached hydrogens (tertiary/aromatic N) is 1. The van der Waals surface area contributed by atoms with Gasteiger partial charge in [0.15, 0.2) is 0 Å². The predicted molar refractivity (Wildman–Crippen MR) is 61.2 cm³/mol. The van der Waals surface area contributed by atoms with Crippen molar-refractivity contribution in [2.75, 3.05) is 19.0 Å². The summed E-state index contributed by atoms with van der Waals surface area (Å²) < 4.78 is 2.40. The largest absolute Gasteiger partial charge is 0.378 e. The van der Waals surface area contributed by atoms with E-state index in [-0.39, 0.29) is 0 Å². The zero-order valence-electron chi connectivity index (χ0n) is 6.44. The van der Waals surface area contributed by atoms with Crippen LogP contribution in [-0.4, -0.2) is 14.1 Å². The Hall–Kier alpha value is 0.230. The summed E-state index contributed by atoms with van der Waals surface area (Å²) in [5.41, 5.74) is 1.23. The lowest BCUT2D eigenvalue weighted by molar-refractivity contribution is 1.13. The first-order chi connectivity index (χ1) is 5.11. The van der Waals surface area contributed by atoms with Gasteiger partial charge in [-0.3, -0.25) is 0 Å². The molecule has 0 aliphatic heterocycles. The van der Waals surface area contributed by atoms with Gasteiger partial charge in [0.2, 0.25) is 0 Å². The molecule has 1 aromatic rings. The SMILES string of the molecule is CN(C)c1ccc(Br)c(I)c1. The van der Waals surface area contributed by atoms with Crippen molar-refractivity contribution in [3.63, 3.8) is 0 Å². The van der Waals surface area contributed by atoms with Crippen LogP contribution < -0.4 is 4.90 Å². The van der Waals surface area contributed by atoms with E-state index in [1.54, 1.807) is 0 Å². The summed E-state index contributed by atoms with van der Waals surface area (Å²) in [6.07, 6.45) is 0. The van der Waals surface area contributed by atoms with E-state index in [4.69, 9.17) is 0 Å². The van der Waals surface area contributed by atoms with Crippen LogP contribution in [0.3, 0.4) is 0 Å². The Balaban J connectivity index is 3.05. The first-order valence-electron chi connectivity index (χ1n) is 3.23. The molecule has 1 nitrogen and oxygen atoms in total. The Kier molecular flexibility index (Phi) is 3.18. The van der Waals surface area contributed by atoms with Gasteiger partial charge in [-0.25, -0.2) is 0 Å². The van der Waals surface area contributed by atoms with Gasteiger partial charge in [0.25, 0.3) is 0 Å². The molecule has 1 rings (SSSR count). The summed E-state index contributed by atoms with van der Waals surface area (Å²) >= 11 is 5.76. The lowest BCUT2D eigenvalue weighted by Gasteiger charge is -2.12. The van der Waals surface area contributed by atoms with Crippen molar-refractivity contribution in [3.8, 4) is 0 Å². The van der Waals surface area contributed by atoms with Gasteiger partial charge >= 0.3 is 0 Å². The Morgan fingerprint density at radius 1 is 1.36 bits per heavy atom. The Bertz CT molecular complexity index is 260. The maximum Gasteiger partial charge on any atom is 0.0372 e. The molecule has 0 saturated heterocycles. The molecule has 3 heteroatoms. The molecule has 11 heavy (non-hydrogen) atoms. The van der Waals surface area contributed by atoms with Crippen molar-refractivity contribution < 1.29 is 0 Å². The van der Waals surface area contributed by atoms with Gasteiger partial charge in [-0.1, -0.05) is 0 Å². The first kappa shape index (κ1) is 9.32. The lowest BCUT2D eigenvalue weighted by Crippen LogP contribution is -2.08. The molecule has 0 spiro atoms. The minimum absolute atomic E-state index is 1.16. The van der Waals surface area contributed by atoms with Crippen LogP contribution in [0.1, 0.15) is 0 Å². The molecule has 0 aliphatic rings. The van der Waals surface area contributed by atoms with Crippen molar-refractivity contribution >= 4 is 44.2 Å². The fourth-order valence-electron chi connectivity index (χ4n) is 0.763. The summed E-state index contributed by atoms with van der Waals surface area (Å²) in [5, 5.41) is 0. The molecular formula is C8H9BrIN. The number of hydrogen-bond donors (Lipinski definition) is 0. The van der Waals surface area contributed by atoms with Crippen LogP contribution in [0.5, 0.6) is 0 Å². The van der Waals surface area contributed by atoms with E-state index in [2.05, 4.69) is 61.6 Å². The van der Waals surface area contributed by atoms with Crippen LogP contribution in [0.25, 0.3) is 0 Å². The smallest absolute Gasteiger partial charge is 0.0372 e. The third-order valence-corrected chi connectivity index (χ3v) is 3.74. The highest BCUT2D eigenvalue weighted by Gasteiger charge is 1.98. The Morgan fingerprint density at radius 2 is 2.00 bits per heavy atom. The molecule has 0 fully saturated rings. The van der Waals surface area contributed by atoms with Crippen LogP contribution in [0.15, 0.2) is 22.7 Å². The maximum absolute atomic E-state index is 3.45. The fraction of sp³-hybridized carbons (Fsp3) is 0.250. The minimum atomic E-state index is 1.16. The van der Waals surface area contributed by atoms with Gasteiger partial charge in [-0.2, -0.15) is 0 Å². The van der Waals surface area contributed by atoms with E-state index in [0.29, 0.717) is 0 Å². The van der Waals surface area contributed by atoms with E-state index >= 15 is 0 Å². The van der Waals surface area contributed by atoms with Crippen LogP contribution in [0.4, 0.5) is 5.69 Å². The average molecular weight is 326 g/mol. The fourth-order valence-corrected chi connectivity index (χ4v) is 1.51. The average Bonchev–Trinajstić information content (AvgIpc) is 1.94. The van der Waals surface area contributed by atoms with Crippen LogP contribution >= 0.6 is 38.5 Å². The van der Waals surface area contributed by atoms with Crippen molar-refractivity contribution in [1.82, 2.24) is 0 Å². The molecule has 0 heterocycles. The molecule has 0 N–H and O–H groups in total. The molecule has 0 unspecified atom stereocenters. The van der Waals surface area contributed by atoms with Crippen molar-refractivity contribution in [3.05, 3.63) is 26.2 Å². The summed E-state index contributed by atoms with van der Waals surface area (Å²) in [5.74, 6) is 0. The van der Waals surface area contributed by atoms with Gasteiger partial charge in [0, 0.05) is 27.8 Å². The van der Waals surface area contributed by atoms with E-state index in [9.17, 15) is 0 Å². The molecular weight excluding hydrogens is 317 g/mol. The third-order valence-electron chi connectivity index (χ3n) is 1.42. The first-order valence-corrected chi connectivity index (χ1v) is 5.11. The Labute approximate surface area is 89.1 Å². The van der Waals surface area contributed by atoms with E-state index in [1.165, 1.54) is 9.26 Å². The number of anilines is 1. The highest BCUT2D eigenvalue weighted by atomic mass is 127. The topological polar surface area (TPSA) is 3.24 Å².